The van der Waals surface area contributed by atoms with Gasteiger partial charge in [-0.3, -0.25) is 9.59 Å². The highest BCUT2D eigenvalue weighted by molar-refractivity contribution is 9.10. The fourth-order valence-corrected chi connectivity index (χ4v) is 5.57. The molecule has 3 aromatic carbocycles. The minimum Gasteiger partial charge on any atom is -0.352 e. The molecule has 4 nitrogen and oxygen atoms in total. The van der Waals surface area contributed by atoms with Crippen molar-refractivity contribution in [1.29, 1.82) is 0 Å². The van der Waals surface area contributed by atoms with Gasteiger partial charge in [-0.25, -0.2) is 0 Å². The van der Waals surface area contributed by atoms with Crippen LogP contribution in [0.5, 0.6) is 0 Å². The van der Waals surface area contributed by atoms with Gasteiger partial charge in [0.05, 0.1) is 6.42 Å². The number of halogens is 1. The van der Waals surface area contributed by atoms with Crippen molar-refractivity contribution >= 4 is 27.7 Å². The summed E-state index contributed by atoms with van der Waals surface area (Å²) in [6.45, 7) is 4.52. The van der Waals surface area contributed by atoms with E-state index in [1.807, 2.05) is 60.7 Å². The molecule has 3 aromatic rings. The third-order valence-corrected chi connectivity index (χ3v) is 7.88. The Morgan fingerprint density at radius 3 is 2.30 bits per heavy atom. The number of amides is 2. The highest BCUT2D eigenvalue weighted by Crippen LogP contribution is 2.22. The van der Waals surface area contributed by atoms with Crippen LogP contribution in [0.1, 0.15) is 59.9 Å². The van der Waals surface area contributed by atoms with Crippen LogP contribution in [0.3, 0.4) is 0 Å². The summed E-state index contributed by atoms with van der Waals surface area (Å²) >= 11 is 3.56. The van der Waals surface area contributed by atoms with Gasteiger partial charge in [0, 0.05) is 23.5 Å². The molecule has 1 fully saturated rings. The molecule has 0 spiro atoms. The zero-order chi connectivity index (χ0) is 26.2. The largest absolute Gasteiger partial charge is 0.352 e. The van der Waals surface area contributed by atoms with Gasteiger partial charge in [0.25, 0.3) is 0 Å². The molecule has 1 N–H and O–H groups in total. The molecule has 0 bridgehead atoms. The summed E-state index contributed by atoms with van der Waals surface area (Å²) in [5.41, 5.74) is 5.38. The van der Waals surface area contributed by atoms with Gasteiger partial charge in [0.2, 0.25) is 11.8 Å². The molecule has 4 rings (SSSR count). The van der Waals surface area contributed by atoms with Crippen molar-refractivity contribution in [1.82, 2.24) is 10.2 Å². The van der Waals surface area contributed by atoms with E-state index < -0.39 is 6.04 Å². The van der Waals surface area contributed by atoms with E-state index in [1.165, 1.54) is 17.5 Å². The van der Waals surface area contributed by atoms with Gasteiger partial charge < -0.3 is 10.2 Å². The monoisotopic (exact) mass is 560 g/mol. The van der Waals surface area contributed by atoms with Crippen LogP contribution in [-0.2, 0) is 29.0 Å². The normalized spacial score (nSPS) is 14.7. The first-order chi connectivity index (χ1) is 17.9. The molecule has 0 radical (unpaired) electrons. The Labute approximate surface area is 229 Å². The lowest BCUT2D eigenvalue weighted by molar-refractivity contribution is -0.141. The van der Waals surface area contributed by atoms with Crippen LogP contribution in [-0.4, -0.2) is 28.8 Å². The molecule has 1 aliphatic carbocycles. The van der Waals surface area contributed by atoms with Crippen LogP contribution in [0.25, 0.3) is 0 Å². The Morgan fingerprint density at radius 1 is 0.865 bits per heavy atom. The van der Waals surface area contributed by atoms with Crippen molar-refractivity contribution in [3.8, 4) is 0 Å². The van der Waals surface area contributed by atoms with Gasteiger partial charge in [-0.1, -0.05) is 95.9 Å². The van der Waals surface area contributed by atoms with Crippen molar-refractivity contribution in [3.05, 3.63) is 105 Å². The average Bonchev–Trinajstić information content (AvgIpc) is 2.89. The van der Waals surface area contributed by atoms with Crippen LogP contribution in [0, 0.1) is 13.8 Å². The molecule has 1 aliphatic rings. The highest BCUT2D eigenvalue weighted by atomic mass is 79.9. The van der Waals surface area contributed by atoms with Crippen LogP contribution < -0.4 is 5.32 Å². The summed E-state index contributed by atoms with van der Waals surface area (Å²) in [4.78, 5) is 29.6. The molecule has 2 amide bonds. The van der Waals surface area contributed by atoms with Crippen LogP contribution in [0.15, 0.2) is 77.3 Å². The number of nitrogens with one attached hydrogen (secondary N) is 1. The molecule has 0 aromatic heterocycles. The maximum absolute atomic E-state index is 14.0. The first-order valence-electron chi connectivity index (χ1n) is 13.3. The number of carbonyl (C=O) groups excluding carboxylic acids is 2. The summed E-state index contributed by atoms with van der Waals surface area (Å²) in [5, 5.41) is 3.31. The van der Waals surface area contributed by atoms with E-state index >= 15 is 0 Å². The van der Waals surface area contributed by atoms with Crippen LogP contribution in [0.2, 0.25) is 0 Å². The summed E-state index contributed by atoms with van der Waals surface area (Å²) in [7, 11) is 0. The van der Waals surface area contributed by atoms with E-state index in [-0.39, 0.29) is 24.3 Å². The van der Waals surface area contributed by atoms with Gasteiger partial charge in [-0.15, -0.1) is 0 Å². The first kappa shape index (κ1) is 27.1. The van der Waals surface area contributed by atoms with E-state index in [0.717, 1.165) is 46.8 Å². The number of hydrogen-bond acceptors (Lipinski definition) is 2. The zero-order valence-corrected chi connectivity index (χ0v) is 23.5. The van der Waals surface area contributed by atoms with Gasteiger partial charge in [0.1, 0.15) is 6.04 Å². The van der Waals surface area contributed by atoms with Crippen molar-refractivity contribution in [2.45, 2.75) is 77.4 Å². The zero-order valence-electron chi connectivity index (χ0n) is 21.9. The quantitative estimate of drug-likeness (QED) is 0.316. The Kier molecular flexibility index (Phi) is 9.56. The summed E-state index contributed by atoms with van der Waals surface area (Å²) in [6, 6.07) is 23.8. The fourth-order valence-electron chi connectivity index (χ4n) is 5.12. The smallest absolute Gasteiger partial charge is 0.243 e. The third-order valence-electron chi connectivity index (χ3n) is 7.39. The molecule has 194 valence electrons. The van der Waals surface area contributed by atoms with E-state index in [4.69, 9.17) is 0 Å². The van der Waals surface area contributed by atoms with E-state index in [2.05, 4.69) is 47.2 Å². The van der Waals surface area contributed by atoms with Gasteiger partial charge >= 0.3 is 0 Å². The molecule has 0 saturated heterocycles. The molecule has 1 atom stereocenters. The molecule has 1 saturated carbocycles. The minimum atomic E-state index is -0.595. The van der Waals surface area contributed by atoms with Crippen LogP contribution >= 0.6 is 15.9 Å². The maximum atomic E-state index is 14.0. The van der Waals surface area contributed by atoms with E-state index in [0.29, 0.717) is 13.0 Å². The number of rotatable bonds is 9. The second kappa shape index (κ2) is 13.0. The van der Waals surface area contributed by atoms with E-state index in [9.17, 15) is 9.59 Å². The maximum Gasteiger partial charge on any atom is 0.243 e. The molecule has 5 heteroatoms. The van der Waals surface area contributed by atoms with Gasteiger partial charge in [-0.2, -0.15) is 0 Å². The lowest BCUT2D eigenvalue weighted by atomic mass is 9.94. The van der Waals surface area contributed by atoms with Crippen molar-refractivity contribution < 1.29 is 9.59 Å². The van der Waals surface area contributed by atoms with Crippen molar-refractivity contribution in [3.63, 3.8) is 0 Å². The summed E-state index contributed by atoms with van der Waals surface area (Å²) in [5.74, 6) is -0.0952. The Morgan fingerprint density at radius 2 is 1.59 bits per heavy atom. The molecular weight excluding hydrogens is 524 g/mol. The standard InChI is InChI=1S/C32H37BrN2O2/c1-23-16-17-26(18-24(23)2)21-31(36)35(22-27-12-9-13-28(33)19-27)30(20-25-10-5-3-6-11-25)32(37)34-29-14-7-4-8-15-29/h3,5-6,9-13,16-19,29-30H,4,7-8,14-15,20-22H2,1-2H3,(H,34,37)/t30-/m0/s1. The second-order valence-electron chi connectivity index (χ2n) is 10.3. The second-order valence-corrected chi connectivity index (χ2v) is 11.2. The Hall–Kier alpha value is -2.92. The third kappa shape index (κ3) is 7.78. The molecule has 37 heavy (non-hydrogen) atoms. The molecular formula is C32H37BrN2O2. The number of carbonyl (C=O) groups is 2. The minimum absolute atomic E-state index is 0.0389. The van der Waals surface area contributed by atoms with Crippen molar-refractivity contribution in [2.75, 3.05) is 0 Å². The number of benzene rings is 3. The van der Waals surface area contributed by atoms with E-state index in [1.54, 1.807) is 4.90 Å². The molecule has 0 aliphatic heterocycles. The molecule has 0 unspecified atom stereocenters. The highest BCUT2D eigenvalue weighted by Gasteiger charge is 2.32. The number of nitrogens with zero attached hydrogens (tertiary/aromatic N) is 1. The van der Waals surface area contributed by atoms with Crippen LogP contribution in [0.4, 0.5) is 0 Å². The Balaban J connectivity index is 1.66. The molecule has 0 heterocycles. The van der Waals surface area contributed by atoms with Gasteiger partial charge in [-0.05, 0) is 66.6 Å². The summed E-state index contributed by atoms with van der Waals surface area (Å²) in [6.07, 6.45) is 6.26. The topological polar surface area (TPSA) is 49.4 Å². The Bertz CT molecular complexity index is 1200. The average molecular weight is 562 g/mol. The number of hydrogen-bond donors (Lipinski definition) is 1. The fraction of sp³-hybridized carbons (Fsp3) is 0.375. The lowest BCUT2D eigenvalue weighted by Crippen LogP contribution is -2.53. The predicted octanol–water partition coefficient (Wildman–Crippen LogP) is 6.70. The van der Waals surface area contributed by atoms with Crippen molar-refractivity contribution in [2.24, 2.45) is 0 Å². The first-order valence-corrected chi connectivity index (χ1v) is 14.1. The predicted molar refractivity (Wildman–Crippen MR) is 153 cm³/mol. The van der Waals surface area contributed by atoms with Gasteiger partial charge in [0.15, 0.2) is 0 Å². The number of aryl methyl sites for hydroxylation is 2. The SMILES string of the molecule is Cc1ccc(CC(=O)N(Cc2cccc(Br)c2)[C@@H](Cc2ccccc2)C(=O)NC2CCCCC2)cc1C. The summed E-state index contributed by atoms with van der Waals surface area (Å²) < 4.78 is 0.956. The lowest BCUT2D eigenvalue weighted by Gasteiger charge is -2.33.